The molecule has 1 rings (SSSR count). The van der Waals surface area contributed by atoms with Crippen LogP contribution in [0.1, 0.15) is 57.9 Å². The van der Waals surface area contributed by atoms with Crippen molar-refractivity contribution in [1.29, 1.82) is 0 Å². The minimum Gasteiger partial charge on any atom is -0.508 e. The van der Waals surface area contributed by atoms with Gasteiger partial charge in [-0.1, -0.05) is 26.0 Å². The zero-order valence-corrected chi connectivity index (χ0v) is 32.2. The normalized spacial score (nSPS) is 13.3. The number of carboxylic acids is 2. The molecule has 0 fully saturated rings. The SMILES string of the molecule is CC(C)[C@H](NC(=O)CNC(=O)[C@H](CCCCN)NC(=O)CNC(=O)[C@H](CC(=O)O)NC(=O)[C@H](Cc1ccc(O)cc1)NC(=O)[C@@H](N)CCC(N)=O)C(=O)NCC(=O)O. The van der Waals surface area contributed by atoms with E-state index in [4.69, 9.17) is 22.3 Å². The Bertz CT molecular complexity index is 1620. The fourth-order valence-corrected chi connectivity index (χ4v) is 5.06. The van der Waals surface area contributed by atoms with E-state index in [2.05, 4.69) is 37.2 Å². The molecule has 0 heterocycles. The van der Waals surface area contributed by atoms with Gasteiger partial charge in [0.2, 0.25) is 47.3 Å². The Labute approximate surface area is 333 Å². The number of carbonyl (C=O) groups excluding carboxylic acids is 8. The largest absolute Gasteiger partial charge is 0.508 e. The molecule has 0 radical (unpaired) electrons. The fourth-order valence-electron chi connectivity index (χ4n) is 5.06. The van der Waals surface area contributed by atoms with Crippen molar-refractivity contribution < 1.29 is 63.3 Å². The summed E-state index contributed by atoms with van der Waals surface area (Å²) in [4.78, 5) is 124. The molecule has 8 amide bonds. The lowest BCUT2D eigenvalue weighted by Gasteiger charge is -2.24. The van der Waals surface area contributed by atoms with E-state index >= 15 is 0 Å². The summed E-state index contributed by atoms with van der Waals surface area (Å²) in [5.74, 6) is -10.3. The molecule has 0 aliphatic heterocycles. The first-order valence-electron chi connectivity index (χ1n) is 18.2. The Morgan fingerprint density at radius 2 is 1.19 bits per heavy atom. The zero-order chi connectivity index (χ0) is 43.9. The lowest BCUT2D eigenvalue weighted by Crippen LogP contribution is -2.57. The Hall–Kier alpha value is -6.36. The maximum atomic E-state index is 13.4. The van der Waals surface area contributed by atoms with Crippen LogP contribution in [0.2, 0.25) is 0 Å². The summed E-state index contributed by atoms with van der Waals surface area (Å²) < 4.78 is 0. The zero-order valence-electron chi connectivity index (χ0n) is 32.2. The molecule has 0 aliphatic rings. The molecule has 0 saturated heterocycles. The third-order valence-corrected chi connectivity index (χ3v) is 8.18. The first-order chi connectivity index (χ1) is 27.2. The molecule has 0 spiro atoms. The second kappa shape index (κ2) is 25.7. The van der Waals surface area contributed by atoms with Gasteiger partial charge in [-0.3, -0.25) is 47.9 Å². The van der Waals surface area contributed by atoms with Gasteiger partial charge in [0, 0.05) is 12.8 Å². The number of carboxylic acid groups (broad SMARTS) is 2. The van der Waals surface area contributed by atoms with Gasteiger partial charge in [-0.05, 0) is 55.8 Å². The number of nitrogens with one attached hydrogen (secondary N) is 7. The van der Waals surface area contributed by atoms with E-state index in [9.17, 15) is 58.2 Å². The number of aliphatic carboxylic acids is 2. The molecule has 5 atom stereocenters. The van der Waals surface area contributed by atoms with Crippen LogP contribution in [0.15, 0.2) is 24.3 Å². The standard InChI is InChI=1S/C35H54N10O13/c1-18(2)30(35(58)41-17-29(52)53)45-27(49)16-39-32(55)22(5-3-4-12-36)42-26(48)15-40-33(56)24(14-28(50)51)44-34(57)23(13-19-6-8-20(46)9-7-19)43-31(54)21(37)10-11-25(38)47/h6-9,18,21-24,30,46H,3-5,10-17,36-37H2,1-2H3,(H2,38,47)(H,39,55)(H,40,56)(H,41,58)(H,42,48)(H,43,54)(H,44,57)(H,45,49)(H,50,51)(H,52,53)/t21-,22-,23-,24-,30-/m0/s1. The molecule has 58 heavy (non-hydrogen) atoms. The molecular weight excluding hydrogens is 768 g/mol. The Kier molecular flexibility index (Phi) is 22.0. The van der Waals surface area contributed by atoms with Crippen LogP contribution in [0.3, 0.4) is 0 Å². The van der Waals surface area contributed by atoms with Crippen LogP contribution < -0.4 is 54.4 Å². The van der Waals surface area contributed by atoms with Crippen LogP contribution in [-0.2, 0) is 54.4 Å². The van der Waals surface area contributed by atoms with Gasteiger partial charge in [-0.2, -0.15) is 0 Å². The molecule has 0 unspecified atom stereocenters. The molecule has 0 saturated carbocycles. The second-order valence-electron chi connectivity index (χ2n) is 13.4. The number of primary amides is 1. The molecular formula is C35H54N10O13. The highest BCUT2D eigenvalue weighted by molar-refractivity contribution is 5.97. The molecule has 16 N–H and O–H groups in total. The lowest BCUT2D eigenvalue weighted by molar-refractivity contribution is -0.141. The van der Waals surface area contributed by atoms with Crippen LogP contribution in [0.5, 0.6) is 5.75 Å². The lowest BCUT2D eigenvalue weighted by atomic mass is 10.0. The number of nitrogens with two attached hydrogens (primary N) is 3. The molecule has 0 aliphatic carbocycles. The summed E-state index contributed by atoms with van der Waals surface area (Å²) in [5, 5.41) is 44.1. The molecule has 23 heteroatoms. The third kappa shape index (κ3) is 20.0. The van der Waals surface area contributed by atoms with E-state index in [0.717, 1.165) is 0 Å². The predicted molar refractivity (Wildman–Crippen MR) is 203 cm³/mol. The monoisotopic (exact) mass is 822 g/mol. The topological polar surface area (TPSA) is 394 Å². The summed E-state index contributed by atoms with van der Waals surface area (Å²) in [6.45, 7) is 1.38. The van der Waals surface area contributed by atoms with Gasteiger partial charge in [-0.15, -0.1) is 0 Å². The molecule has 0 aromatic heterocycles. The summed E-state index contributed by atoms with van der Waals surface area (Å²) in [6.07, 6.45) is -0.675. The average Bonchev–Trinajstić information content (AvgIpc) is 3.15. The summed E-state index contributed by atoms with van der Waals surface area (Å²) in [5.41, 5.74) is 16.9. The highest BCUT2D eigenvalue weighted by atomic mass is 16.4. The van der Waals surface area contributed by atoms with Crippen LogP contribution in [-0.4, -0.2) is 131 Å². The summed E-state index contributed by atoms with van der Waals surface area (Å²) in [6, 6.07) is -1.31. The number of phenolic OH excluding ortho intramolecular Hbond substituents is 1. The van der Waals surface area contributed by atoms with E-state index in [-0.39, 0.29) is 38.0 Å². The number of benzene rings is 1. The first kappa shape index (κ1) is 49.7. The molecule has 1 aromatic rings. The van der Waals surface area contributed by atoms with Crippen molar-refractivity contribution in [3.63, 3.8) is 0 Å². The quantitative estimate of drug-likeness (QED) is 0.0370. The number of carbonyl (C=O) groups is 10. The summed E-state index contributed by atoms with van der Waals surface area (Å²) in [7, 11) is 0. The number of phenols is 1. The van der Waals surface area contributed by atoms with E-state index in [0.29, 0.717) is 18.4 Å². The number of aromatic hydroxyl groups is 1. The van der Waals surface area contributed by atoms with Gasteiger partial charge in [0.1, 0.15) is 36.5 Å². The van der Waals surface area contributed by atoms with Crippen molar-refractivity contribution >= 4 is 59.2 Å². The highest BCUT2D eigenvalue weighted by Crippen LogP contribution is 2.12. The van der Waals surface area contributed by atoms with Gasteiger partial charge >= 0.3 is 11.9 Å². The Morgan fingerprint density at radius 1 is 0.638 bits per heavy atom. The number of rotatable bonds is 27. The van der Waals surface area contributed by atoms with Gasteiger partial charge in [0.05, 0.1) is 25.6 Å². The Morgan fingerprint density at radius 3 is 1.72 bits per heavy atom. The third-order valence-electron chi connectivity index (χ3n) is 8.18. The van der Waals surface area contributed by atoms with Crippen molar-refractivity contribution in [1.82, 2.24) is 37.2 Å². The van der Waals surface area contributed by atoms with E-state index in [1.54, 1.807) is 13.8 Å². The number of hydrogen-bond acceptors (Lipinski definition) is 13. The van der Waals surface area contributed by atoms with Gasteiger partial charge in [-0.25, -0.2) is 0 Å². The number of hydrogen-bond donors (Lipinski definition) is 13. The fraction of sp³-hybridized carbons (Fsp3) is 0.543. The van der Waals surface area contributed by atoms with E-state index in [1.165, 1.54) is 24.3 Å². The van der Waals surface area contributed by atoms with Gasteiger partial charge in [0.15, 0.2) is 0 Å². The predicted octanol–water partition coefficient (Wildman–Crippen LogP) is -4.84. The van der Waals surface area contributed by atoms with Crippen LogP contribution in [0, 0.1) is 5.92 Å². The smallest absolute Gasteiger partial charge is 0.322 e. The minimum atomic E-state index is -1.77. The van der Waals surface area contributed by atoms with Crippen molar-refractivity contribution in [2.75, 3.05) is 26.2 Å². The molecule has 23 nitrogen and oxygen atoms in total. The first-order valence-corrected chi connectivity index (χ1v) is 18.2. The van der Waals surface area contributed by atoms with Crippen LogP contribution in [0.4, 0.5) is 0 Å². The summed E-state index contributed by atoms with van der Waals surface area (Å²) >= 11 is 0. The van der Waals surface area contributed by atoms with E-state index < -0.39 is 121 Å². The van der Waals surface area contributed by atoms with E-state index in [1.807, 2.05) is 0 Å². The highest BCUT2D eigenvalue weighted by Gasteiger charge is 2.31. The van der Waals surface area contributed by atoms with Gasteiger partial charge in [0.25, 0.3) is 0 Å². The number of amides is 8. The van der Waals surface area contributed by atoms with Crippen LogP contribution in [0.25, 0.3) is 0 Å². The van der Waals surface area contributed by atoms with Crippen molar-refractivity contribution in [2.24, 2.45) is 23.1 Å². The molecule has 1 aromatic carbocycles. The second-order valence-corrected chi connectivity index (χ2v) is 13.4. The molecule has 0 bridgehead atoms. The Balaban J connectivity index is 3.02. The van der Waals surface area contributed by atoms with Crippen molar-refractivity contribution in [2.45, 2.75) is 89.0 Å². The van der Waals surface area contributed by atoms with Crippen LogP contribution >= 0.6 is 0 Å². The maximum absolute atomic E-state index is 13.4. The minimum absolute atomic E-state index is 0.0502. The maximum Gasteiger partial charge on any atom is 0.322 e. The molecule has 322 valence electrons. The van der Waals surface area contributed by atoms with Crippen molar-refractivity contribution in [3.05, 3.63) is 29.8 Å². The van der Waals surface area contributed by atoms with Gasteiger partial charge < -0.3 is 69.7 Å². The number of unbranched alkanes of at least 4 members (excludes halogenated alkanes) is 1. The average molecular weight is 823 g/mol. The van der Waals surface area contributed by atoms with Crippen molar-refractivity contribution in [3.8, 4) is 5.75 Å².